The van der Waals surface area contributed by atoms with Crippen molar-refractivity contribution in [2.24, 2.45) is 0 Å². The second kappa shape index (κ2) is 8.18. The van der Waals surface area contributed by atoms with Crippen LogP contribution in [0.2, 0.25) is 0 Å². The first-order chi connectivity index (χ1) is 15.9. The number of nitrogens with zero attached hydrogens (tertiary/aromatic N) is 4. The fourth-order valence-corrected chi connectivity index (χ4v) is 4.48. The van der Waals surface area contributed by atoms with Gasteiger partial charge < -0.3 is 25.4 Å². The Morgan fingerprint density at radius 2 is 2.03 bits per heavy atom. The molecule has 0 saturated carbocycles. The number of anilines is 2. The van der Waals surface area contributed by atoms with Gasteiger partial charge in [0.25, 0.3) is 5.91 Å². The fraction of sp³-hybridized carbons (Fsp3) is 0.304. The van der Waals surface area contributed by atoms with Crippen molar-refractivity contribution in [3.8, 4) is 24.1 Å². The SMILES string of the molecule is C#Cc1c(F)ccc2cc(O)cc(NC(=O)c3nc(OC)nc(N4CC5CCC(C4)N5)n3)c12. The van der Waals surface area contributed by atoms with Gasteiger partial charge in [0.1, 0.15) is 11.6 Å². The van der Waals surface area contributed by atoms with Crippen molar-refractivity contribution >= 4 is 28.3 Å². The van der Waals surface area contributed by atoms with Crippen LogP contribution in [0.15, 0.2) is 24.3 Å². The van der Waals surface area contributed by atoms with Crippen molar-refractivity contribution in [3.05, 3.63) is 41.5 Å². The van der Waals surface area contributed by atoms with Crippen LogP contribution < -0.4 is 20.3 Å². The predicted molar refractivity (Wildman–Crippen MR) is 120 cm³/mol. The number of benzene rings is 2. The normalized spacial score (nSPS) is 19.4. The molecule has 2 aliphatic heterocycles. The van der Waals surface area contributed by atoms with Gasteiger partial charge in [-0.15, -0.1) is 6.42 Å². The summed E-state index contributed by atoms with van der Waals surface area (Å²) in [5.74, 6) is 1.10. The van der Waals surface area contributed by atoms with Crippen LogP contribution in [0.5, 0.6) is 11.8 Å². The second-order valence-electron chi connectivity index (χ2n) is 8.10. The summed E-state index contributed by atoms with van der Waals surface area (Å²) in [5.41, 5.74) is 0.122. The number of hydrogen-bond donors (Lipinski definition) is 3. The number of terminal acetylenes is 1. The Hall–Kier alpha value is -3.97. The lowest BCUT2D eigenvalue weighted by atomic mass is 10.0. The minimum atomic E-state index is -0.672. The Morgan fingerprint density at radius 1 is 1.27 bits per heavy atom. The fourth-order valence-electron chi connectivity index (χ4n) is 4.48. The number of halogens is 1. The summed E-state index contributed by atoms with van der Waals surface area (Å²) in [5, 5.41) is 17.1. The van der Waals surface area contributed by atoms with Gasteiger partial charge in [-0.05, 0) is 30.4 Å². The van der Waals surface area contributed by atoms with E-state index in [1.165, 1.54) is 31.4 Å². The molecule has 9 nitrogen and oxygen atoms in total. The zero-order valence-corrected chi connectivity index (χ0v) is 17.8. The number of carbonyl (C=O) groups is 1. The number of ether oxygens (including phenoxy) is 1. The molecule has 33 heavy (non-hydrogen) atoms. The average molecular weight is 448 g/mol. The summed E-state index contributed by atoms with van der Waals surface area (Å²) >= 11 is 0. The molecule has 2 aliphatic rings. The third-order valence-corrected chi connectivity index (χ3v) is 5.93. The first-order valence-electron chi connectivity index (χ1n) is 10.5. The van der Waals surface area contributed by atoms with Crippen molar-refractivity contribution in [2.75, 3.05) is 30.4 Å². The van der Waals surface area contributed by atoms with E-state index in [0.29, 0.717) is 41.9 Å². The summed E-state index contributed by atoms with van der Waals surface area (Å²) in [6.45, 7) is 1.43. The molecule has 10 heteroatoms. The molecule has 0 radical (unpaired) electrons. The number of fused-ring (bicyclic) bond motifs is 3. The number of methoxy groups -OCH3 is 1. The lowest BCUT2D eigenvalue weighted by Crippen LogP contribution is -2.51. The van der Waals surface area contributed by atoms with E-state index in [4.69, 9.17) is 11.2 Å². The Labute approximate surface area is 189 Å². The summed E-state index contributed by atoms with van der Waals surface area (Å²) in [7, 11) is 1.41. The number of piperazine rings is 1. The molecule has 3 aromatic rings. The highest BCUT2D eigenvalue weighted by Crippen LogP contribution is 2.33. The third kappa shape index (κ3) is 3.87. The van der Waals surface area contributed by atoms with E-state index in [1.54, 1.807) is 0 Å². The maximum Gasteiger partial charge on any atom is 0.321 e. The van der Waals surface area contributed by atoms with E-state index in [2.05, 4.69) is 31.5 Å². The molecule has 1 amide bonds. The highest BCUT2D eigenvalue weighted by molar-refractivity contribution is 6.09. The van der Waals surface area contributed by atoms with E-state index < -0.39 is 11.7 Å². The van der Waals surface area contributed by atoms with E-state index in [-0.39, 0.29) is 28.8 Å². The van der Waals surface area contributed by atoms with Crippen LogP contribution in [-0.2, 0) is 0 Å². The molecule has 3 N–H and O–H groups in total. The molecule has 3 heterocycles. The molecular weight excluding hydrogens is 427 g/mol. The smallest absolute Gasteiger partial charge is 0.321 e. The number of rotatable bonds is 4. The number of aromatic nitrogens is 3. The number of phenols is 1. The van der Waals surface area contributed by atoms with Crippen molar-refractivity contribution in [3.63, 3.8) is 0 Å². The standard InChI is InChI=1S/C23H21FN6O3/c1-3-16-17(24)7-4-12-8-15(31)9-18(19(12)16)26-21(32)20-27-22(29-23(28-20)33-2)30-10-13-5-6-14(11-30)25-13/h1,4,7-9,13-14,25,31H,5-6,10-11H2,2H3,(H,26,32). The molecule has 2 unspecified atom stereocenters. The van der Waals surface area contributed by atoms with Crippen molar-refractivity contribution in [2.45, 2.75) is 24.9 Å². The van der Waals surface area contributed by atoms with E-state index in [9.17, 15) is 14.3 Å². The molecule has 2 atom stereocenters. The van der Waals surface area contributed by atoms with Crippen molar-refractivity contribution < 1.29 is 19.0 Å². The van der Waals surface area contributed by atoms with Gasteiger partial charge in [0.2, 0.25) is 11.8 Å². The maximum atomic E-state index is 14.3. The molecule has 168 valence electrons. The Kier molecular flexibility index (Phi) is 5.18. The number of phenolic OH excluding ortho intramolecular Hbond substituents is 1. The van der Waals surface area contributed by atoms with Gasteiger partial charge in [0, 0.05) is 36.6 Å². The first-order valence-corrected chi connectivity index (χ1v) is 10.5. The maximum absolute atomic E-state index is 14.3. The number of carbonyl (C=O) groups excluding carboxylic acids is 1. The van der Waals surface area contributed by atoms with Gasteiger partial charge in [-0.3, -0.25) is 4.79 Å². The van der Waals surface area contributed by atoms with Crippen molar-refractivity contribution in [1.29, 1.82) is 0 Å². The molecular formula is C23H21FN6O3. The molecule has 2 bridgehead atoms. The summed E-state index contributed by atoms with van der Waals surface area (Å²) in [6.07, 6.45) is 7.67. The zero-order valence-electron chi connectivity index (χ0n) is 17.8. The molecule has 0 spiro atoms. The molecule has 5 rings (SSSR count). The van der Waals surface area contributed by atoms with E-state index in [1.807, 2.05) is 4.90 Å². The van der Waals surface area contributed by atoms with Gasteiger partial charge in [0.15, 0.2) is 0 Å². The van der Waals surface area contributed by atoms with Gasteiger partial charge >= 0.3 is 6.01 Å². The van der Waals surface area contributed by atoms with Crippen LogP contribution in [0, 0.1) is 18.2 Å². The predicted octanol–water partition coefficient (Wildman–Crippen LogP) is 2.05. The van der Waals surface area contributed by atoms with Crippen LogP contribution in [0.25, 0.3) is 10.8 Å². The summed E-state index contributed by atoms with van der Waals surface area (Å²) in [6, 6.07) is 6.13. The summed E-state index contributed by atoms with van der Waals surface area (Å²) < 4.78 is 19.5. The minimum absolute atomic E-state index is 0.00662. The van der Waals surface area contributed by atoms with Crippen LogP contribution in [0.1, 0.15) is 29.0 Å². The lowest BCUT2D eigenvalue weighted by Gasteiger charge is -2.32. The van der Waals surface area contributed by atoms with Gasteiger partial charge in [-0.2, -0.15) is 15.0 Å². The minimum Gasteiger partial charge on any atom is -0.508 e. The third-order valence-electron chi connectivity index (χ3n) is 5.93. The monoisotopic (exact) mass is 448 g/mol. The van der Waals surface area contributed by atoms with E-state index >= 15 is 0 Å². The van der Waals surface area contributed by atoms with Crippen LogP contribution in [0.4, 0.5) is 16.0 Å². The van der Waals surface area contributed by atoms with Crippen LogP contribution >= 0.6 is 0 Å². The average Bonchev–Trinajstić information content (AvgIpc) is 3.16. The lowest BCUT2D eigenvalue weighted by molar-refractivity contribution is 0.101. The highest BCUT2D eigenvalue weighted by Gasteiger charge is 2.34. The number of aromatic hydroxyl groups is 1. The van der Waals surface area contributed by atoms with Crippen molar-refractivity contribution in [1.82, 2.24) is 20.3 Å². The van der Waals surface area contributed by atoms with Gasteiger partial charge in [0.05, 0.1) is 18.4 Å². The largest absolute Gasteiger partial charge is 0.508 e. The molecule has 0 aliphatic carbocycles. The Balaban J connectivity index is 1.51. The Morgan fingerprint density at radius 3 is 2.73 bits per heavy atom. The molecule has 2 fully saturated rings. The molecule has 2 saturated heterocycles. The molecule has 2 aromatic carbocycles. The van der Waals surface area contributed by atoms with E-state index in [0.717, 1.165) is 12.8 Å². The first kappa shape index (κ1) is 20.9. The topological polar surface area (TPSA) is 112 Å². The number of nitrogens with one attached hydrogen (secondary N) is 2. The Bertz CT molecular complexity index is 1300. The zero-order chi connectivity index (χ0) is 23.1. The van der Waals surface area contributed by atoms with Gasteiger partial charge in [-0.25, -0.2) is 4.39 Å². The number of amides is 1. The van der Waals surface area contributed by atoms with Gasteiger partial charge in [-0.1, -0.05) is 12.0 Å². The highest BCUT2D eigenvalue weighted by atomic mass is 19.1. The second-order valence-corrected chi connectivity index (χ2v) is 8.10. The van der Waals surface area contributed by atoms with Crippen LogP contribution in [-0.4, -0.2) is 58.2 Å². The molecule has 1 aromatic heterocycles. The quantitative estimate of drug-likeness (QED) is 0.520. The summed E-state index contributed by atoms with van der Waals surface area (Å²) in [4.78, 5) is 27.9. The number of hydrogen-bond acceptors (Lipinski definition) is 8. The van der Waals surface area contributed by atoms with Crippen LogP contribution in [0.3, 0.4) is 0 Å².